The number of ketones is 1. The van der Waals surface area contributed by atoms with E-state index in [1.54, 1.807) is 11.8 Å². The van der Waals surface area contributed by atoms with Gasteiger partial charge in [0.05, 0.1) is 12.1 Å². The van der Waals surface area contributed by atoms with E-state index < -0.39 is 5.97 Å². The van der Waals surface area contributed by atoms with Gasteiger partial charge in [-0.1, -0.05) is 53.8 Å². The summed E-state index contributed by atoms with van der Waals surface area (Å²) in [5.41, 5.74) is 2.07. The lowest BCUT2D eigenvalue weighted by Gasteiger charge is -2.29. The highest BCUT2D eigenvalue weighted by Crippen LogP contribution is 2.46. The molecule has 0 amide bonds. The quantitative estimate of drug-likeness (QED) is 0.476. The number of rotatable bonds is 2. The van der Waals surface area contributed by atoms with Gasteiger partial charge < -0.3 is 4.84 Å². The van der Waals surface area contributed by atoms with Crippen molar-refractivity contribution in [1.82, 2.24) is 0 Å². The van der Waals surface area contributed by atoms with E-state index >= 15 is 0 Å². The molecule has 0 N–H and O–H groups in total. The van der Waals surface area contributed by atoms with E-state index in [1.165, 1.54) is 13.1 Å². The van der Waals surface area contributed by atoms with Crippen LogP contribution in [0.3, 0.4) is 0 Å². The predicted octanol–water partition coefficient (Wildman–Crippen LogP) is 3.52. The molecule has 0 bridgehead atoms. The van der Waals surface area contributed by atoms with E-state index in [9.17, 15) is 9.59 Å². The van der Waals surface area contributed by atoms with Crippen LogP contribution >= 0.6 is 11.8 Å². The van der Waals surface area contributed by atoms with Crippen molar-refractivity contribution >= 4 is 29.7 Å². The highest BCUT2D eigenvalue weighted by atomic mass is 32.2. The Hall–Kier alpha value is -2.40. The number of carbonyl (C=O) groups excluding carboxylic acids is 2. The summed E-state index contributed by atoms with van der Waals surface area (Å²) < 4.78 is 0. The van der Waals surface area contributed by atoms with Gasteiger partial charge in [0.25, 0.3) is 0 Å². The molecule has 1 heterocycles. The molecule has 0 fully saturated rings. The Morgan fingerprint density at radius 2 is 2.14 bits per heavy atom. The molecule has 1 unspecified atom stereocenters. The molecular formula is C17H13NO3S. The van der Waals surface area contributed by atoms with E-state index in [0.29, 0.717) is 16.7 Å². The van der Waals surface area contributed by atoms with Crippen molar-refractivity contribution in [2.75, 3.05) is 0 Å². The highest BCUT2D eigenvalue weighted by molar-refractivity contribution is 8.03. The molecule has 1 aliphatic heterocycles. The van der Waals surface area contributed by atoms with Crippen molar-refractivity contribution in [3.8, 4) is 0 Å². The van der Waals surface area contributed by atoms with E-state index in [2.05, 4.69) is 16.6 Å². The molecule has 1 atom stereocenters. The van der Waals surface area contributed by atoms with Crippen LogP contribution in [-0.4, -0.2) is 18.0 Å². The second-order valence-corrected chi connectivity index (χ2v) is 6.04. The maximum atomic E-state index is 12.7. The monoisotopic (exact) mass is 311 g/mol. The first-order chi connectivity index (χ1) is 10.6. The SMILES string of the molecule is C=C1C(/C=N/OC(C)=O)=CC=C2Sc3ccccc3C(=O)C12. The average Bonchev–Trinajstić information content (AvgIpc) is 2.49. The van der Waals surface area contributed by atoms with E-state index in [4.69, 9.17) is 0 Å². The third-order valence-corrected chi connectivity index (χ3v) is 4.63. The van der Waals surface area contributed by atoms with Crippen molar-refractivity contribution in [2.24, 2.45) is 11.1 Å². The molecule has 3 rings (SSSR count). The van der Waals surface area contributed by atoms with Gasteiger partial charge in [0.1, 0.15) is 0 Å². The molecule has 4 nitrogen and oxygen atoms in total. The van der Waals surface area contributed by atoms with Gasteiger partial charge >= 0.3 is 5.97 Å². The lowest BCUT2D eigenvalue weighted by atomic mass is 9.83. The summed E-state index contributed by atoms with van der Waals surface area (Å²) in [6.07, 6.45) is 5.14. The maximum Gasteiger partial charge on any atom is 0.331 e. The lowest BCUT2D eigenvalue weighted by molar-refractivity contribution is -0.140. The first-order valence-corrected chi connectivity index (χ1v) is 7.52. The van der Waals surface area contributed by atoms with Gasteiger partial charge in [-0.3, -0.25) is 4.79 Å². The van der Waals surface area contributed by atoms with E-state index in [-0.39, 0.29) is 11.7 Å². The van der Waals surface area contributed by atoms with Crippen molar-refractivity contribution in [1.29, 1.82) is 0 Å². The minimum atomic E-state index is -0.493. The number of hydrogen-bond acceptors (Lipinski definition) is 5. The first kappa shape index (κ1) is 14.5. The smallest absolute Gasteiger partial charge is 0.319 e. The van der Waals surface area contributed by atoms with Gasteiger partial charge in [0.2, 0.25) is 0 Å². The largest absolute Gasteiger partial charge is 0.331 e. The molecule has 22 heavy (non-hydrogen) atoms. The molecule has 1 aromatic carbocycles. The Balaban J connectivity index is 1.93. The maximum absolute atomic E-state index is 12.7. The number of fused-ring (bicyclic) bond motifs is 2. The Bertz CT molecular complexity index is 774. The van der Waals surface area contributed by atoms with Gasteiger partial charge in [-0.2, -0.15) is 0 Å². The van der Waals surface area contributed by atoms with E-state index in [1.807, 2.05) is 36.4 Å². The zero-order chi connectivity index (χ0) is 15.7. The zero-order valence-corrected chi connectivity index (χ0v) is 12.7. The molecule has 0 saturated heterocycles. The van der Waals surface area contributed by atoms with Gasteiger partial charge in [0, 0.05) is 22.3 Å². The fourth-order valence-corrected chi connectivity index (χ4v) is 3.60. The number of carbonyl (C=O) groups is 2. The minimum absolute atomic E-state index is 0.0390. The molecule has 1 aromatic rings. The van der Waals surface area contributed by atoms with Crippen LogP contribution in [0.1, 0.15) is 17.3 Å². The molecule has 2 aliphatic rings. The fraction of sp³-hybridized carbons (Fsp3) is 0.118. The highest BCUT2D eigenvalue weighted by Gasteiger charge is 2.35. The normalized spacial score (nSPS) is 20.1. The fourth-order valence-electron chi connectivity index (χ4n) is 2.42. The molecule has 0 radical (unpaired) electrons. The molecule has 110 valence electrons. The summed E-state index contributed by atoms with van der Waals surface area (Å²) in [6, 6.07) is 7.56. The van der Waals surface area contributed by atoms with Crippen LogP contribution in [0.5, 0.6) is 0 Å². The van der Waals surface area contributed by atoms with Gasteiger partial charge in [0.15, 0.2) is 5.78 Å². The van der Waals surface area contributed by atoms with Crippen LogP contribution < -0.4 is 0 Å². The lowest BCUT2D eigenvalue weighted by Crippen LogP contribution is -2.25. The van der Waals surface area contributed by atoms with Crippen LogP contribution in [0, 0.1) is 5.92 Å². The van der Waals surface area contributed by atoms with Crippen molar-refractivity contribution in [3.63, 3.8) is 0 Å². The third kappa shape index (κ3) is 2.55. The third-order valence-electron chi connectivity index (χ3n) is 3.45. The van der Waals surface area contributed by atoms with E-state index in [0.717, 1.165) is 9.80 Å². The molecule has 5 heteroatoms. The predicted molar refractivity (Wildman–Crippen MR) is 85.7 cm³/mol. The summed E-state index contributed by atoms with van der Waals surface area (Å²) in [5, 5.41) is 3.60. The van der Waals surface area contributed by atoms with Gasteiger partial charge in [-0.25, -0.2) is 4.79 Å². The standard InChI is InChI=1S/C17H13NO3S/c1-10-12(9-18-21-11(2)19)7-8-15-16(10)17(20)13-5-3-4-6-14(13)22-15/h3-9,16H,1H2,2H3/b18-9+. The minimum Gasteiger partial charge on any atom is -0.319 e. The molecule has 0 aromatic heterocycles. The summed E-state index contributed by atoms with van der Waals surface area (Å²) in [4.78, 5) is 29.9. The summed E-state index contributed by atoms with van der Waals surface area (Å²) >= 11 is 1.58. The Morgan fingerprint density at radius 3 is 2.91 bits per heavy atom. The topological polar surface area (TPSA) is 55.7 Å². The Labute approximate surface area is 132 Å². The number of hydrogen-bond donors (Lipinski definition) is 0. The number of oxime groups is 1. The van der Waals surface area contributed by atoms with Crippen molar-refractivity contribution < 1.29 is 14.4 Å². The van der Waals surface area contributed by atoms with Crippen LogP contribution in [0.4, 0.5) is 0 Å². The number of thioether (sulfide) groups is 1. The Kier molecular flexibility index (Phi) is 3.81. The zero-order valence-electron chi connectivity index (χ0n) is 11.9. The molecular weight excluding hydrogens is 298 g/mol. The number of allylic oxidation sites excluding steroid dienone is 5. The van der Waals surface area contributed by atoms with Crippen LogP contribution in [0.2, 0.25) is 0 Å². The second kappa shape index (κ2) is 5.77. The average molecular weight is 311 g/mol. The van der Waals surface area contributed by atoms with Crippen LogP contribution in [0.15, 0.2) is 69.1 Å². The van der Waals surface area contributed by atoms with Gasteiger partial charge in [-0.05, 0) is 17.2 Å². The van der Waals surface area contributed by atoms with Gasteiger partial charge in [-0.15, -0.1) is 0 Å². The van der Waals surface area contributed by atoms with Crippen LogP contribution in [0.25, 0.3) is 0 Å². The number of nitrogens with zero attached hydrogens (tertiary/aromatic N) is 1. The summed E-state index contributed by atoms with van der Waals surface area (Å²) in [7, 11) is 0. The molecule has 1 aliphatic carbocycles. The first-order valence-electron chi connectivity index (χ1n) is 6.71. The van der Waals surface area contributed by atoms with Crippen molar-refractivity contribution in [3.05, 3.63) is 64.6 Å². The number of benzene rings is 1. The Morgan fingerprint density at radius 1 is 1.36 bits per heavy atom. The summed E-state index contributed by atoms with van der Waals surface area (Å²) in [6.45, 7) is 5.30. The second-order valence-electron chi connectivity index (χ2n) is 4.93. The van der Waals surface area contributed by atoms with Crippen LogP contribution in [-0.2, 0) is 9.63 Å². The molecule has 0 saturated carbocycles. The number of Topliss-reactive ketones (excluding diaryl/α,β-unsaturated/α-hetero) is 1. The summed E-state index contributed by atoms with van der Waals surface area (Å²) in [5.74, 6) is -0.839. The molecule has 0 spiro atoms. The van der Waals surface area contributed by atoms with Crippen molar-refractivity contribution in [2.45, 2.75) is 11.8 Å².